The molecule has 1 fully saturated rings. The highest BCUT2D eigenvalue weighted by molar-refractivity contribution is 5.76. The van der Waals surface area contributed by atoms with Crippen LogP contribution in [0.3, 0.4) is 0 Å². The molecule has 1 saturated carbocycles. The molecule has 0 bridgehead atoms. The lowest BCUT2D eigenvalue weighted by Crippen LogP contribution is -2.42. The minimum Gasteiger partial charge on any atom is -0.466 e. The average molecular weight is 275 g/mol. The van der Waals surface area contributed by atoms with Crippen LogP contribution in [0.1, 0.15) is 45.1 Å². The minimum absolute atomic E-state index is 0.0359. The molecule has 0 heterocycles. The maximum absolute atomic E-state index is 12.1. The van der Waals surface area contributed by atoms with E-state index in [0.29, 0.717) is 12.6 Å². The Labute approximate surface area is 121 Å². The number of benzene rings is 1. The summed E-state index contributed by atoms with van der Waals surface area (Å²) in [5, 5.41) is 3.58. The molecule has 0 radical (unpaired) electrons. The van der Waals surface area contributed by atoms with E-state index >= 15 is 0 Å². The van der Waals surface area contributed by atoms with Crippen LogP contribution in [0.2, 0.25) is 0 Å². The first-order chi connectivity index (χ1) is 9.64. The lowest BCUT2D eigenvalue weighted by molar-refractivity contribution is -0.156. The summed E-state index contributed by atoms with van der Waals surface area (Å²) in [5.74, 6) is -0.0359. The van der Waals surface area contributed by atoms with Gasteiger partial charge in [0.1, 0.15) is 0 Å². The Kier molecular flexibility index (Phi) is 5.18. The largest absolute Gasteiger partial charge is 0.466 e. The highest BCUT2D eigenvalue weighted by Crippen LogP contribution is 2.37. The van der Waals surface area contributed by atoms with Gasteiger partial charge in [0.25, 0.3) is 0 Å². The van der Waals surface area contributed by atoms with Crippen LogP contribution in [-0.2, 0) is 16.1 Å². The second kappa shape index (κ2) is 6.89. The predicted molar refractivity (Wildman–Crippen MR) is 80.3 cm³/mol. The van der Waals surface area contributed by atoms with Crippen molar-refractivity contribution in [1.29, 1.82) is 0 Å². The molecule has 0 aromatic heterocycles. The normalized spacial score (nSPS) is 26.2. The molecule has 1 aromatic carbocycles. The molecule has 1 aliphatic carbocycles. The minimum atomic E-state index is -0.317. The monoisotopic (exact) mass is 275 g/mol. The van der Waals surface area contributed by atoms with Crippen LogP contribution < -0.4 is 5.32 Å². The molecule has 1 N–H and O–H groups in total. The number of esters is 1. The van der Waals surface area contributed by atoms with Crippen molar-refractivity contribution in [2.45, 2.75) is 52.1 Å². The molecule has 1 aliphatic rings. The van der Waals surface area contributed by atoms with E-state index in [9.17, 15) is 4.79 Å². The molecule has 0 amide bonds. The maximum Gasteiger partial charge on any atom is 0.311 e. The molecule has 1 aromatic rings. The fraction of sp³-hybridized carbons (Fsp3) is 0.588. The van der Waals surface area contributed by atoms with Gasteiger partial charge >= 0.3 is 5.97 Å². The molecule has 0 spiro atoms. The predicted octanol–water partition coefficient (Wildman–Crippen LogP) is 3.29. The van der Waals surface area contributed by atoms with Gasteiger partial charge in [-0.3, -0.25) is 4.79 Å². The molecule has 3 heteroatoms. The van der Waals surface area contributed by atoms with Crippen LogP contribution in [0, 0.1) is 5.41 Å². The van der Waals surface area contributed by atoms with E-state index in [4.69, 9.17) is 4.74 Å². The van der Waals surface area contributed by atoms with Crippen LogP contribution >= 0.6 is 0 Å². The van der Waals surface area contributed by atoms with Gasteiger partial charge in [0.2, 0.25) is 0 Å². The van der Waals surface area contributed by atoms with E-state index in [1.54, 1.807) is 0 Å². The standard InChI is InChI=1S/C17H25NO2/c1-3-20-16(19)17(2)11-7-10-15(12-17)18-13-14-8-5-4-6-9-14/h4-6,8-9,15,18H,3,7,10-13H2,1-2H3. The zero-order valence-corrected chi connectivity index (χ0v) is 12.5. The van der Waals surface area contributed by atoms with E-state index in [2.05, 4.69) is 29.6 Å². The Hall–Kier alpha value is -1.35. The number of ether oxygens (including phenoxy) is 1. The van der Waals surface area contributed by atoms with Gasteiger partial charge in [0, 0.05) is 12.6 Å². The summed E-state index contributed by atoms with van der Waals surface area (Å²) in [5.41, 5.74) is 0.971. The third-order valence-corrected chi connectivity index (χ3v) is 4.18. The van der Waals surface area contributed by atoms with E-state index in [0.717, 1.165) is 32.2 Å². The Balaban J connectivity index is 1.88. The van der Waals surface area contributed by atoms with Gasteiger partial charge in [-0.1, -0.05) is 36.8 Å². The maximum atomic E-state index is 12.1. The Morgan fingerprint density at radius 3 is 2.85 bits per heavy atom. The first kappa shape index (κ1) is 15.0. The fourth-order valence-corrected chi connectivity index (χ4v) is 3.01. The van der Waals surface area contributed by atoms with Gasteiger partial charge < -0.3 is 10.1 Å². The van der Waals surface area contributed by atoms with Gasteiger partial charge in [-0.15, -0.1) is 0 Å². The molecule has 2 atom stereocenters. The van der Waals surface area contributed by atoms with Gasteiger partial charge in [0.15, 0.2) is 0 Å². The lowest BCUT2D eigenvalue weighted by atomic mass is 9.73. The summed E-state index contributed by atoms with van der Waals surface area (Å²) in [4.78, 5) is 12.1. The average Bonchev–Trinajstić information content (AvgIpc) is 2.47. The lowest BCUT2D eigenvalue weighted by Gasteiger charge is -2.36. The number of carbonyl (C=O) groups is 1. The van der Waals surface area contributed by atoms with Crippen molar-refractivity contribution in [3.05, 3.63) is 35.9 Å². The molecule has 0 aliphatic heterocycles. The van der Waals surface area contributed by atoms with E-state index < -0.39 is 0 Å². The van der Waals surface area contributed by atoms with E-state index in [1.165, 1.54) is 5.56 Å². The number of rotatable bonds is 5. The SMILES string of the molecule is CCOC(=O)C1(C)CCCC(NCc2ccccc2)C1. The Morgan fingerprint density at radius 2 is 2.15 bits per heavy atom. The van der Waals surface area contributed by atoms with E-state index in [-0.39, 0.29) is 11.4 Å². The zero-order valence-electron chi connectivity index (χ0n) is 12.5. The van der Waals surface area contributed by atoms with Crippen molar-refractivity contribution in [2.75, 3.05) is 6.61 Å². The second-order valence-corrected chi connectivity index (χ2v) is 5.94. The van der Waals surface area contributed by atoms with Crippen molar-refractivity contribution in [3.63, 3.8) is 0 Å². The first-order valence-corrected chi connectivity index (χ1v) is 7.58. The van der Waals surface area contributed by atoms with Gasteiger partial charge in [0.05, 0.1) is 12.0 Å². The number of carbonyl (C=O) groups excluding carboxylic acids is 1. The summed E-state index contributed by atoms with van der Waals surface area (Å²) >= 11 is 0. The van der Waals surface area contributed by atoms with Gasteiger partial charge in [-0.2, -0.15) is 0 Å². The van der Waals surface area contributed by atoms with Crippen LogP contribution in [0.4, 0.5) is 0 Å². The summed E-state index contributed by atoms with van der Waals surface area (Å²) in [6.07, 6.45) is 4.04. The third kappa shape index (κ3) is 3.83. The Morgan fingerprint density at radius 1 is 1.40 bits per heavy atom. The number of hydrogen-bond acceptors (Lipinski definition) is 3. The molecular formula is C17H25NO2. The fourth-order valence-electron chi connectivity index (χ4n) is 3.01. The highest BCUT2D eigenvalue weighted by Gasteiger charge is 2.39. The molecule has 2 unspecified atom stereocenters. The van der Waals surface area contributed by atoms with Crippen LogP contribution in [0.25, 0.3) is 0 Å². The van der Waals surface area contributed by atoms with Crippen molar-refractivity contribution in [3.8, 4) is 0 Å². The van der Waals surface area contributed by atoms with Crippen LogP contribution in [0.15, 0.2) is 30.3 Å². The highest BCUT2D eigenvalue weighted by atomic mass is 16.5. The molecule has 2 rings (SSSR count). The van der Waals surface area contributed by atoms with Crippen molar-refractivity contribution in [1.82, 2.24) is 5.32 Å². The molecule has 3 nitrogen and oxygen atoms in total. The smallest absolute Gasteiger partial charge is 0.311 e. The molecule has 20 heavy (non-hydrogen) atoms. The zero-order chi connectivity index (χ0) is 14.4. The first-order valence-electron chi connectivity index (χ1n) is 7.58. The topological polar surface area (TPSA) is 38.3 Å². The van der Waals surface area contributed by atoms with Crippen molar-refractivity contribution >= 4 is 5.97 Å². The summed E-state index contributed by atoms with van der Waals surface area (Å²) < 4.78 is 5.23. The number of hydrogen-bond donors (Lipinski definition) is 1. The molecule has 110 valence electrons. The second-order valence-electron chi connectivity index (χ2n) is 5.94. The summed E-state index contributed by atoms with van der Waals surface area (Å²) in [7, 11) is 0. The van der Waals surface area contributed by atoms with Crippen LogP contribution in [0.5, 0.6) is 0 Å². The molecular weight excluding hydrogens is 250 g/mol. The van der Waals surface area contributed by atoms with Gasteiger partial charge in [-0.25, -0.2) is 0 Å². The summed E-state index contributed by atoms with van der Waals surface area (Å²) in [6.45, 7) is 5.25. The quantitative estimate of drug-likeness (QED) is 0.838. The Bertz CT molecular complexity index is 432. The van der Waals surface area contributed by atoms with Crippen molar-refractivity contribution < 1.29 is 9.53 Å². The van der Waals surface area contributed by atoms with Gasteiger partial charge in [-0.05, 0) is 38.7 Å². The van der Waals surface area contributed by atoms with Crippen LogP contribution in [-0.4, -0.2) is 18.6 Å². The third-order valence-electron chi connectivity index (χ3n) is 4.18. The van der Waals surface area contributed by atoms with E-state index in [1.807, 2.05) is 19.9 Å². The summed E-state index contributed by atoms with van der Waals surface area (Å²) in [6, 6.07) is 10.8. The molecule has 0 saturated heterocycles. The number of nitrogens with one attached hydrogen (secondary N) is 1. The van der Waals surface area contributed by atoms with Crippen molar-refractivity contribution in [2.24, 2.45) is 5.41 Å².